The van der Waals surface area contributed by atoms with Gasteiger partial charge in [0, 0.05) is 15.1 Å². The molecule has 0 heterocycles. The van der Waals surface area contributed by atoms with Crippen LogP contribution in [-0.4, -0.2) is 25.1 Å². The zero-order valence-corrected chi connectivity index (χ0v) is 12.4. The second-order valence-corrected chi connectivity index (χ2v) is 5.03. The summed E-state index contributed by atoms with van der Waals surface area (Å²) in [7, 11) is 3.06. The average Bonchev–Trinajstić information content (AvgIpc) is 2.21. The van der Waals surface area contributed by atoms with Crippen molar-refractivity contribution in [3.63, 3.8) is 0 Å². The maximum Gasteiger partial charge on any atom is 0.278 e. The summed E-state index contributed by atoms with van der Waals surface area (Å²) in [5.41, 5.74) is 1.68. The largest absolute Gasteiger partial charge is 0.278 e. The molecule has 0 fully saturated rings. The Morgan fingerprint density at radius 2 is 2.13 bits per heavy atom. The van der Waals surface area contributed by atoms with Crippen molar-refractivity contribution in [2.45, 2.75) is 6.92 Å². The molecule has 0 N–H and O–H groups in total. The summed E-state index contributed by atoms with van der Waals surface area (Å²) in [6.07, 6.45) is 0. The second kappa shape index (κ2) is 5.27. The lowest BCUT2D eigenvalue weighted by atomic mass is 10.1. The minimum atomic E-state index is -0.147. The van der Waals surface area contributed by atoms with E-state index < -0.39 is 0 Å². The third-order valence-corrected chi connectivity index (χ3v) is 4.49. The molecule has 3 nitrogen and oxygen atoms in total. The van der Waals surface area contributed by atoms with Crippen LogP contribution in [0, 0.1) is 10.5 Å². The summed E-state index contributed by atoms with van der Waals surface area (Å²) in [4.78, 5) is 16.7. The number of hydroxylamine groups is 2. The number of rotatable bonds is 2. The van der Waals surface area contributed by atoms with E-state index in [1.54, 1.807) is 7.05 Å². The molecule has 0 aliphatic heterocycles. The fraction of sp³-hybridized carbons (Fsp3) is 0.300. The van der Waals surface area contributed by atoms with Crippen molar-refractivity contribution in [3.05, 3.63) is 31.3 Å². The lowest BCUT2D eigenvalue weighted by molar-refractivity contribution is -0.0757. The smallest absolute Gasteiger partial charge is 0.274 e. The van der Waals surface area contributed by atoms with Crippen molar-refractivity contribution in [2.24, 2.45) is 0 Å². The molecule has 15 heavy (non-hydrogen) atoms. The third-order valence-electron chi connectivity index (χ3n) is 1.96. The molecule has 1 amide bonds. The standard InChI is InChI=1S/C10H11BrINO2/c1-6-4-7(9(12)8(11)5-6)10(14)13(2)15-3/h4-5H,1-3H3. The fourth-order valence-corrected chi connectivity index (χ4v) is 2.25. The Bertz CT molecular complexity index is 395. The molecule has 0 bridgehead atoms. The molecule has 1 rings (SSSR count). The van der Waals surface area contributed by atoms with Crippen LogP contribution in [0.4, 0.5) is 0 Å². The molecular formula is C10H11BrINO2. The molecule has 0 radical (unpaired) electrons. The predicted octanol–water partition coefficient (Wildman–Crippen LogP) is 3.00. The van der Waals surface area contributed by atoms with E-state index in [-0.39, 0.29) is 5.91 Å². The highest BCUT2D eigenvalue weighted by Gasteiger charge is 2.16. The van der Waals surface area contributed by atoms with E-state index in [0.29, 0.717) is 5.56 Å². The van der Waals surface area contributed by atoms with Gasteiger partial charge in [0.2, 0.25) is 0 Å². The van der Waals surface area contributed by atoms with Crippen LogP contribution in [0.3, 0.4) is 0 Å². The molecule has 1 aromatic rings. The first-order valence-corrected chi connectivity index (χ1v) is 6.12. The van der Waals surface area contributed by atoms with Gasteiger partial charge in [-0.25, -0.2) is 5.06 Å². The molecule has 0 aliphatic carbocycles. The molecule has 0 aromatic heterocycles. The Morgan fingerprint density at radius 1 is 1.53 bits per heavy atom. The molecule has 0 aliphatic rings. The average molecular weight is 384 g/mol. The van der Waals surface area contributed by atoms with Crippen LogP contribution in [0.15, 0.2) is 16.6 Å². The lowest BCUT2D eigenvalue weighted by Gasteiger charge is -2.15. The van der Waals surface area contributed by atoms with Crippen LogP contribution in [-0.2, 0) is 4.84 Å². The van der Waals surface area contributed by atoms with E-state index in [1.165, 1.54) is 12.2 Å². The summed E-state index contributed by atoms with van der Waals surface area (Å²) >= 11 is 5.55. The van der Waals surface area contributed by atoms with Gasteiger partial charge in [-0.1, -0.05) is 0 Å². The van der Waals surface area contributed by atoms with Gasteiger partial charge in [0.1, 0.15) is 0 Å². The van der Waals surface area contributed by atoms with E-state index >= 15 is 0 Å². The second-order valence-electron chi connectivity index (χ2n) is 3.09. The Kier molecular flexibility index (Phi) is 4.54. The summed E-state index contributed by atoms with van der Waals surface area (Å²) in [6.45, 7) is 1.95. The van der Waals surface area contributed by atoms with Crippen molar-refractivity contribution >= 4 is 44.4 Å². The van der Waals surface area contributed by atoms with E-state index in [2.05, 4.69) is 38.5 Å². The number of hydrogen-bond donors (Lipinski definition) is 0. The normalized spacial score (nSPS) is 10.2. The summed E-state index contributed by atoms with van der Waals surface area (Å²) in [5.74, 6) is -0.147. The quantitative estimate of drug-likeness (QED) is 0.580. The highest BCUT2D eigenvalue weighted by atomic mass is 127. The van der Waals surface area contributed by atoms with Gasteiger partial charge in [-0.05, 0) is 63.1 Å². The number of hydrogen-bond acceptors (Lipinski definition) is 2. The van der Waals surface area contributed by atoms with Crippen LogP contribution in [0.2, 0.25) is 0 Å². The Morgan fingerprint density at radius 3 is 2.67 bits per heavy atom. The van der Waals surface area contributed by atoms with E-state index in [0.717, 1.165) is 13.6 Å². The number of halogens is 2. The van der Waals surface area contributed by atoms with Gasteiger partial charge in [-0.2, -0.15) is 0 Å². The molecule has 0 atom stereocenters. The van der Waals surface area contributed by atoms with E-state index in [9.17, 15) is 4.79 Å². The number of carbonyl (C=O) groups excluding carboxylic acids is 1. The lowest BCUT2D eigenvalue weighted by Crippen LogP contribution is -2.26. The molecule has 5 heteroatoms. The van der Waals surface area contributed by atoms with Crippen LogP contribution in [0.1, 0.15) is 15.9 Å². The van der Waals surface area contributed by atoms with Crippen LogP contribution in [0.5, 0.6) is 0 Å². The van der Waals surface area contributed by atoms with Gasteiger partial charge in [-0.3, -0.25) is 9.63 Å². The first-order chi connectivity index (χ1) is 6.97. The minimum Gasteiger partial charge on any atom is -0.274 e. The van der Waals surface area contributed by atoms with Gasteiger partial charge < -0.3 is 0 Å². The Balaban J connectivity index is 3.19. The Labute approximate surface area is 111 Å². The highest BCUT2D eigenvalue weighted by Crippen LogP contribution is 2.25. The van der Waals surface area contributed by atoms with Crippen molar-refractivity contribution in [3.8, 4) is 0 Å². The van der Waals surface area contributed by atoms with E-state index in [4.69, 9.17) is 4.84 Å². The van der Waals surface area contributed by atoms with Crippen molar-refractivity contribution in [2.75, 3.05) is 14.2 Å². The molecule has 0 saturated heterocycles. The van der Waals surface area contributed by atoms with Crippen LogP contribution < -0.4 is 0 Å². The third kappa shape index (κ3) is 2.92. The molecule has 0 unspecified atom stereocenters. The fourth-order valence-electron chi connectivity index (χ4n) is 1.13. The van der Waals surface area contributed by atoms with Crippen LogP contribution in [0.25, 0.3) is 0 Å². The number of nitrogens with zero attached hydrogens (tertiary/aromatic N) is 1. The SMILES string of the molecule is CON(C)C(=O)c1cc(C)cc(Br)c1I. The van der Waals surface area contributed by atoms with E-state index in [1.807, 2.05) is 19.1 Å². The summed E-state index contributed by atoms with van der Waals surface area (Å²) in [6, 6.07) is 3.83. The molecular weight excluding hydrogens is 373 g/mol. The van der Waals surface area contributed by atoms with Gasteiger partial charge in [0.25, 0.3) is 5.91 Å². The Hall–Kier alpha value is -0.140. The number of amides is 1. The number of carbonyl (C=O) groups is 1. The number of aryl methyl sites for hydroxylation is 1. The van der Waals surface area contributed by atoms with Crippen molar-refractivity contribution < 1.29 is 9.63 Å². The first-order valence-electron chi connectivity index (χ1n) is 4.25. The maximum atomic E-state index is 11.9. The monoisotopic (exact) mass is 383 g/mol. The predicted molar refractivity (Wildman–Crippen MR) is 70.7 cm³/mol. The first kappa shape index (κ1) is 12.9. The molecule has 82 valence electrons. The van der Waals surface area contributed by atoms with Gasteiger partial charge in [0.05, 0.1) is 12.7 Å². The zero-order chi connectivity index (χ0) is 11.6. The highest BCUT2D eigenvalue weighted by molar-refractivity contribution is 14.1. The molecule has 1 aromatic carbocycles. The summed E-state index contributed by atoms with van der Waals surface area (Å²) in [5, 5.41) is 1.21. The molecule has 0 spiro atoms. The minimum absolute atomic E-state index is 0.147. The van der Waals surface area contributed by atoms with Crippen molar-refractivity contribution in [1.82, 2.24) is 5.06 Å². The maximum absolute atomic E-state index is 11.9. The van der Waals surface area contributed by atoms with Crippen LogP contribution >= 0.6 is 38.5 Å². The van der Waals surface area contributed by atoms with Gasteiger partial charge >= 0.3 is 0 Å². The van der Waals surface area contributed by atoms with Gasteiger partial charge in [-0.15, -0.1) is 0 Å². The zero-order valence-electron chi connectivity index (χ0n) is 8.67. The number of benzene rings is 1. The van der Waals surface area contributed by atoms with Gasteiger partial charge in [0.15, 0.2) is 0 Å². The topological polar surface area (TPSA) is 29.5 Å². The summed E-state index contributed by atoms with van der Waals surface area (Å²) < 4.78 is 1.82. The van der Waals surface area contributed by atoms with Crippen molar-refractivity contribution in [1.29, 1.82) is 0 Å². The molecule has 0 saturated carbocycles.